The number of nitrogens with zero attached hydrogens (tertiary/aromatic N) is 1. The van der Waals surface area contributed by atoms with Gasteiger partial charge in [0.2, 0.25) is 5.91 Å². The molecule has 2 fully saturated rings. The van der Waals surface area contributed by atoms with Crippen molar-refractivity contribution in [2.75, 3.05) is 19.8 Å². The lowest BCUT2D eigenvalue weighted by molar-refractivity contribution is -0.140. The van der Waals surface area contributed by atoms with Crippen LogP contribution in [0.4, 0.5) is 0 Å². The van der Waals surface area contributed by atoms with E-state index in [-0.39, 0.29) is 18.0 Å². The summed E-state index contributed by atoms with van der Waals surface area (Å²) >= 11 is 0. The summed E-state index contributed by atoms with van der Waals surface area (Å²) in [6.07, 6.45) is 3.88. The van der Waals surface area contributed by atoms with Gasteiger partial charge in [-0.1, -0.05) is 6.92 Å². The van der Waals surface area contributed by atoms with Gasteiger partial charge in [0.1, 0.15) is 0 Å². The molecular formula is C12H22N2O2. The fourth-order valence-electron chi connectivity index (χ4n) is 2.33. The van der Waals surface area contributed by atoms with Crippen LogP contribution in [-0.4, -0.2) is 42.6 Å². The highest BCUT2D eigenvalue weighted by molar-refractivity contribution is 5.77. The van der Waals surface area contributed by atoms with Crippen LogP contribution in [0.5, 0.6) is 0 Å². The van der Waals surface area contributed by atoms with Crippen molar-refractivity contribution in [1.82, 2.24) is 4.90 Å². The lowest BCUT2D eigenvalue weighted by Gasteiger charge is -2.35. The molecule has 2 rings (SSSR count). The molecule has 1 aliphatic carbocycles. The van der Waals surface area contributed by atoms with Crippen molar-refractivity contribution in [1.29, 1.82) is 0 Å². The number of rotatable bonds is 4. The first-order chi connectivity index (χ1) is 7.72. The number of morpholine rings is 1. The molecule has 0 radical (unpaired) electrons. The first-order valence-electron chi connectivity index (χ1n) is 6.35. The van der Waals surface area contributed by atoms with Gasteiger partial charge in [0.15, 0.2) is 0 Å². The standard InChI is InChI=1S/C12H22N2O2/c1-2-10-8-16-6-5-14(10)12(15)7-11(13)9-3-4-9/h9-11H,2-8,13H2,1H3. The maximum Gasteiger partial charge on any atom is 0.224 e. The van der Waals surface area contributed by atoms with Crippen LogP contribution in [0.15, 0.2) is 0 Å². The third kappa shape index (κ3) is 2.74. The minimum Gasteiger partial charge on any atom is -0.377 e. The number of hydrogen-bond acceptors (Lipinski definition) is 3. The van der Waals surface area contributed by atoms with Crippen molar-refractivity contribution in [3.8, 4) is 0 Å². The molecule has 0 bridgehead atoms. The number of carbonyl (C=O) groups excluding carboxylic acids is 1. The molecule has 1 saturated carbocycles. The van der Waals surface area contributed by atoms with Gasteiger partial charge in [0, 0.05) is 19.0 Å². The molecule has 4 heteroatoms. The largest absolute Gasteiger partial charge is 0.377 e. The number of hydrogen-bond donors (Lipinski definition) is 1. The average molecular weight is 226 g/mol. The van der Waals surface area contributed by atoms with Crippen LogP contribution in [0, 0.1) is 5.92 Å². The Morgan fingerprint density at radius 1 is 1.56 bits per heavy atom. The molecule has 2 aliphatic rings. The smallest absolute Gasteiger partial charge is 0.224 e. The minimum absolute atomic E-state index is 0.0767. The highest BCUT2D eigenvalue weighted by Gasteiger charge is 2.33. The van der Waals surface area contributed by atoms with Crippen molar-refractivity contribution < 1.29 is 9.53 Å². The molecule has 1 aliphatic heterocycles. The van der Waals surface area contributed by atoms with Crippen LogP contribution >= 0.6 is 0 Å². The van der Waals surface area contributed by atoms with E-state index in [1.165, 1.54) is 12.8 Å². The fourth-order valence-corrected chi connectivity index (χ4v) is 2.33. The lowest BCUT2D eigenvalue weighted by Crippen LogP contribution is -2.49. The maximum absolute atomic E-state index is 12.1. The molecule has 0 aromatic carbocycles. The second-order valence-electron chi connectivity index (χ2n) is 4.93. The number of ether oxygens (including phenoxy) is 1. The first-order valence-corrected chi connectivity index (χ1v) is 6.35. The summed E-state index contributed by atoms with van der Waals surface area (Å²) in [5.74, 6) is 0.819. The highest BCUT2D eigenvalue weighted by Crippen LogP contribution is 2.33. The van der Waals surface area contributed by atoms with Gasteiger partial charge in [0.25, 0.3) is 0 Å². The van der Waals surface area contributed by atoms with Crippen molar-refractivity contribution >= 4 is 5.91 Å². The summed E-state index contributed by atoms with van der Waals surface area (Å²) < 4.78 is 5.39. The summed E-state index contributed by atoms with van der Waals surface area (Å²) in [6, 6.07) is 0.334. The van der Waals surface area contributed by atoms with Gasteiger partial charge in [-0.05, 0) is 25.2 Å². The first kappa shape index (κ1) is 11.9. The van der Waals surface area contributed by atoms with E-state index < -0.39 is 0 Å². The normalized spacial score (nSPS) is 27.9. The van der Waals surface area contributed by atoms with E-state index in [9.17, 15) is 4.79 Å². The van der Waals surface area contributed by atoms with Crippen LogP contribution in [0.25, 0.3) is 0 Å². The molecule has 0 aromatic heterocycles. The zero-order chi connectivity index (χ0) is 11.5. The van der Waals surface area contributed by atoms with Gasteiger partial charge in [0.05, 0.1) is 19.3 Å². The van der Waals surface area contributed by atoms with Gasteiger partial charge in [-0.3, -0.25) is 4.79 Å². The van der Waals surface area contributed by atoms with Crippen LogP contribution in [0.1, 0.15) is 32.6 Å². The van der Waals surface area contributed by atoms with Crippen molar-refractivity contribution in [3.05, 3.63) is 0 Å². The molecule has 0 aromatic rings. The maximum atomic E-state index is 12.1. The summed E-state index contributed by atoms with van der Waals surface area (Å²) in [5, 5.41) is 0. The van der Waals surface area contributed by atoms with Crippen LogP contribution in [-0.2, 0) is 9.53 Å². The van der Waals surface area contributed by atoms with Gasteiger partial charge < -0.3 is 15.4 Å². The quantitative estimate of drug-likeness (QED) is 0.769. The second kappa shape index (κ2) is 5.15. The van der Waals surface area contributed by atoms with Crippen molar-refractivity contribution in [3.63, 3.8) is 0 Å². The molecule has 4 nitrogen and oxygen atoms in total. The van der Waals surface area contributed by atoms with Crippen LogP contribution in [0.3, 0.4) is 0 Å². The predicted molar refractivity (Wildman–Crippen MR) is 61.9 cm³/mol. The minimum atomic E-state index is 0.0767. The number of amides is 1. The van der Waals surface area contributed by atoms with E-state index in [0.717, 1.165) is 13.0 Å². The molecule has 2 N–H and O–H groups in total. The van der Waals surface area contributed by atoms with Crippen LogP contribution in [0.2, 0.25) is 0 Å². The predicted octanol–water partition coefficient (Wildman–Crippen LogP) is 0.751. The molecule has 16 heavy (non-hydrogen) atoms. The Morgan fingerprint density at radius 3 is 2.94 bits per heavy atom. The Hall–Kier alpha value is -0.610. The molecule has 1 saturated heterocycles. The van der Waals surface area contributed by atoms with Gasteiger partial charge in [-0.25, -0.2) is 0 Å². The fraction of sp³-hybridized carbons (Fsp3) is 0.917. The Labute approximate surface area is 97.1 Å². The molecule has 0 spiro atoms. The van der Waals surface area contributed by atoms with E-state index in [4.69, 9.17) is 10.5 Å². The summed E-state index contributed by atoms with van der Waals surface area (Å²) in [4.78, 5) is 14.1. The molecular weight excluding hydrogens is 204 g/mol. The van der Waals surface area contributed by atoms with E-state index in [1.807, 2.05) is 4.90 Å². The third-order valence-electron chi connectivity index (χ3n) is 3.66. The van der Waals surface area contributed by atoms with Crippen molar-refractivity contribution in [2.45, 2.75) is 44.7 Å². The van der Waals surface area contributed by atoms with E-state index in [0.29, 0.717) is 25.6 Å². The van der Waals surface area contributed by atoms with Crippen molar-refractivity contribution in [2.24, 2.45) is 11.7 Å². The summed E-state index contributed by atoms with van der Waals surface area (Å²) in [5.41, 5.74) is 5.99. The van der Waals surface area contributed by atoms with E-state index >= 15 is 0 Å². The average Bonchev–Trinajstić information content (AvgIpc) is 3.12. The SMILES string of the molecule is CCC1COCCN1C(=O)CC(N)C1CC1. The molecule has 92 valence electrons. The Kier molecular flexibility index (Phi) is 3.82. The summed E-state index contributed by atoms with van der Waals surface area (Å²) in [7, 11) is 0. The zero-order valence-electron chi connectivity index (χ0n) is 10.0. The van der Waals surface area contributed by atoms with Gasteiger partial charge in [-0.15, -0.1) is 0 Å². The molecule has 1 heterocycles. The topological polar surface area (TPSA) is 55.6 Å². The number of carbonyl (C=O) groups is 1. The van der Waals surface area contributed by atoms with Crippen LogP contribution < -0.4 is 5.73 Å². The molecule has 1 amide bonds. The molecule has 2 atom stereocenters. The summed E-state index contributed by atoms with van der Waals surface area (Å²) in [6.45, 7) is 4.18. The molecule has 2 unspecified atom stereocenters. The van der Waals surface area contributed by atoms with E-state index in [1.54, 1.807) is 0 Å². The Bertz CT molecular complexity index is 253. The van der Waals surface area contributed by atoms with E-state index in [2.05, 4.69) is 6.92 Å². The third-order valence-corrected chi connectivity index (χ3v) is 3.66. The van der Waals surface area contributed by atoms with Gasteiger partial charge in [-0.2, -0.15) is 0 Å². The lowest BCUT2D eigenvalue weighted by atomic mass is 10.1. The number of nitrogens with two attached hydrogens (primary N) is 1. The van der Waals surface area contributed by atoms with Gasteiger partial charge >= 0.3 is 0 Å². The monoisotopic (exact) mass is 226 g/mol. The zero-order valence-corrected chi connectivity index (χ0v) is 10.0. The Morgan fingerprint density at radius 2 is 2.31 bits per heavy atom. The Balaban J connectivity index is 1.85. The highest BCUT2D eigenvalue weighted by atomic mass is 16.5. The second-order valence-corrected chi connectivity index (χ2v) is 4.93.